The molecule has 162 valence electrons. The third kappa shape index (κ3) is 3.64. The van der Waals surface area contributed by atoms with Crippen molar-refractivity contribution in [3.8, 4) is 11.4 Å². The number of anilines is 1. The minimum atomic E-state index is -0.546. The van der Waals surface area contributed by atoms with Gasteiger partial charge in [-0.15, -0.1) is 0 Å². The lowest BCUT2D eigenvalue weighted by Crippen LogP contribution is -2.40. The van der Waals surface area contributed by atoms with Crippen LogP contribution in [0.5, 0.6) is 5.75 Å². The first-order valence-electron chi connectivity index (χ1n) is 10.2. The van der Waals surface area contributed by atoms with Gasteiger partial charge in [0.2, 0.25) is 5.91 Å². The highest BCUT2D eigenvalue weighted by atomic mass is 16.3. The van der Waals surface area contributed by atoms with Gasteiger partial charge in [0.25, 0.3) is 5.56 Å². The maximum atomic E-state index is 13.0. The number of carbonyl (C=O) groups excluding carboxylic acids is 1. The molecule has 8 nitrogen and oxygen atoms in total. The van der Waals surface area contributed by atoms with Crippen molar-refractivity contribution in [1.82, 2.24) is 20.2 Å². The summed E-state index contributed by atoms with van der Waals surface area (Å²) in [5.41, 5.74) is 10.0. The molecule has 31 heavy (non-hydrogen) atoms. The smallest absolute Gasteiger partial charge is 0.295 e. The number of hydrazine groups is 1. The van der Waals surface area contributed by atoms with E-state index in [0.29, 0.717) is 12.1 Å². The average Bonchev–Trinajstić information content (AvgIpc) is 3.33. The molecule has 1 aliphatic heterocycles. The average molecular weight is 422 g/mol. The van der Waals surface area contributed by atoms with Crippen LogP contribution in [-0.4, -0.2) is 26.4 Å². The predicted octanol–water partition coefficient (Wildman–Crippen LogP) is 2.35. The number of carbonyl (C=O) groups is 1. The number of nitrogens with one attached hydrogen (secondary N) is 3. The van der Waals surface area contributed by atoms with Crippen LogP contribution < -0.4 is 21.7 Å². The minimum Gasteiger partial charge on any atom is -0.507 e. The summed E-state index contributed by atoms with van der Waals surface area (Å²) in [6.45, 7) is 5.61. The standard InChI is InChI=1S/C23H27N5O3/c1-13-10-11-17(21(29)14(13)2)18-12-19(26-25-18)22(30)24-20-15(3)27(4)28(23(20)31)16-8-6-5-7-9-16/h5-11,18-19,25-26,29H,12H2,1-4H3,(H,24,30). The number of aromatic hydroxyl groups is 1. The van der Waals surface area contributed by atoms with Crippen LogP contribution in [0.2, 0.25) is 0 Å². The molecule has 4 rings (SSSR count). The van der Waals surface area contributed by atoms with E-state index in [2.05, 4.69) is 16.2 Å². The molecule has 4 N–H and O–H groups in total. The number of para-hydroxylation sites is 1. The molecule has 0 spiro atoms. The Morgan fingerprint density at radius 3 is 2.52 bits per heavy atom. The van der Waals surface area contributed by atoms with Gasteiger partial charge in [0.1, 0.15) is 17.5 Å². The van der Waals surface area contributed by atoms with Crippen molar-refractivity contribution < 1.29 is 9.90 Å². The van der Waals surface area contributed by atoms with Crippen molar-refractivity contribution in [2.24, 2.45) is 7.05 Å². The number of amides is 1. The highest BCUT2D eigenvalue weighted by molar-refractivity contribution is 5.95. The van der Waals surface area contributed by atoms with Crippen LogP contribution in [0.4, 0.5) is 5.69 Å². The Balaban J connectivity index is 1.54. The van der Waals surface area contributed by atoms with Crippen molar-refractivity contribution in [2.45, 2.75) is 39.3 Å². The van der Waals surface area contributed by atoms with Gasteiger partial charge in [-0.25, -0.2) is 15.5 Å². The van der Waals surface area contributed by atoms with E-state index in [-0.39, 0.29) is 28.9 Å². The van der Waals surface area contributed by atoms with E-state index in [4.69, 9.17) is 0 Å². The molecule has 0 aliphatic carbocycles. The third-order valence-corrected chi connectivity index (χ3v) is 6.13. The molecule has 3 aromatic rings. The topological polar surface area (TPSA) is 100 Å². The van der Waals surface area contributed by atoms with Crippen molar-refractivity contribution in [3.63, 3.8) is 0 Å². The van der Waals surface area contributed by atoms with Gasteiger partial charge in [0, 0.05) is 12.6 Å². The van der Waals surface area contributed by atoms with Gasteiger partial charge in [-0.1, -0.05) is 30.3 Å². The Bertz CT molecular complexity index is 1200. The van der Waals surface area contributed by atoms with Crippen LogP contribution in [0.1, 0.15) is 34.8 Å². The zero-order chi connectivity index (χ0) is 22.3. The normalized spacial score (nSPS) is 18.3. The van der Waals surface area contributed by atoms with E-state index in [1.807, 2.05) is 56.3 Å². The largest absolute Gasteiger partial charge is 0.507 e. The fourth-order valence-corrected chi connectivity index (χ4v) is 3.96. The second-order valence-electron chi connectivity index (χ2n) is 8.00. The van der Waals surface area contributed by atoms with E-state index in [1.54, 1.807) is 18.7 Å². The Kier molecular flexibility index (Phi) is 5.43. The van der Waals surface area contributed by atoms with Gasteiger partial charge in [-0.3, -0.25) is 14.3 Å². The fourth-order valence-electron chi connectivity index (χ4n) is 3.96. The molecule has 8 heteroatoms. The maximum Gasteiger partial charge on any atom is 0.295 e. The van der Waals surface area contributed by atoms with Crippen LogP contribution >= 0.6 is 0 Å². The number of benzene rings is 2. The molecule has 0 radical (unpaired) electrons. The molecule has 0 saturated carbocycles. The second-order valence-corrected chi connectivity index (χ2v) is 8.00. The van der Waals surface area contributed by atoms with Crippen molar-refractivity contribution >= 4 is 11.6 Å². The number of nitrogens with zero attached hydrogens (tertiary/aromatic N) is 2. The maximum absolute atomic E-state index is 13.0. The lowest BCUT2D eigenvalue weighted by atomic mass is 9.96. The highest BCUT2D eigenvalue weighted by Gasteiger charge is 2.33. The third-order valence-electron chi connectivity index (χ3n) is 6.13. The summed E-state index contributed by atoms with van der Waals surface area (Å²) in [5.74, 6) is -0.0608. The van der Waals surface area contributed by atoms with Gasteiger partial charge in [0.15, 0.2) is 0 Å². The van der Waals surface area contributed by atoms with E-state index in [1.165, 1.54) is 4.68 Å². The summed E-state index contributed by atoms with van der Waals surface area (Å²) in [7, 11) is 1.79. The molecule has 2 atom stereocenters. The van der Waals surface area contributed by atoms with Crippen LogP contribution in [0, 0.1) is 20.8 Å². The predicted molar refractivity (Wildman–Crippen MR) is 119 cm³/mol. The van der Waals surface area contributed by atoms with Crippen LogP contribution in [0.3, 0.4) is 0 Å². The van der Waals surface area contributed by atoms with Crippen molar-refractivity contribution in [2.75, 3.05) is 5.32 Å². The van der Waals surface area contributed by atoms with Gasteiger partial charge in [-0.2, -0.15) is 0 Å². The van der Waals surface area contributed by atoms with E-state index >= 15 is 0 Å². The molecule has 2 aromatic carbocycles. The Morgan fingerprint density at radius 1 is 1.10 bits per heavy atom. The molecular formula is C23H27N5O3. The molecule has 2 unspecified atom stereocenters. The first-order valence-corrected chi connectivity index (χ1v) is 10.2. The van der Waals surface area contributed by atoms with Gasteiger partial charge < -0.3 is 10.4 Å². The molecule has 1 fully saturated rings. The number of phenols is 1. The first-order chi connectivity index (χ1) is 14.8. The first kappa shape index (κ1) is 20.9. The molecule has 1 aromatic heterocycles. The minimum absolute atomic E-state index is 0.215. The van der Waals surface area contributed by atoms with Crippen LogP contribution in [-0.2, 0) is 11.8 Å². The molecule has 0 bridgehead atoms. The van der Waals surface area contributed by atoms with Crippen LogP contribution in [0.25, 0.3) is 5.69 Å². The number of rotatable bonds is 4. The zero-order valence-electron chi connectivity index (χ0n) is 18.1. The summed E-state index contributed by atoms with van der Waals surface area (Å²) >= 11 is 0. The van der Waals surface area contributed by atoms with Gasteiger partial charge in [0.05, 0.1) is 17.4 Å². The monoisotopic (exact) mass is 421 g/mol. The van der Waals surface area contributed by atoms with Crippen LogP contribution in [0.15, 0.2) is 47.3 Å². The number of aryl methyl sites for hydroxylation is 1. The number of hydrogen-bond acceptors (Lipinski definition) is 5. The van der Waals surface area contributed by atoms with Gasteiger partial charge in [-0.05, 0) is 50.5 Å². The van der Waals surface area contributed by atoms with Crippen molar-refractivity contribution in [3.05, 3.63) is 75.2 Å². The summed E-state index contributed by atoms with van der Waals surface area (Å²) < 4.78 is 3.25. The number of hydrogen-bond donors (Lipinski definition) is 4. The highest BCUT2D eigenvalue weighted by Crippen LogP contribution is 2.33. The summed E-state index contributed by atoms with van der Waals surface area (Å²) in [5, 5.41) is 13.3. The number of aromatic nitrogens is 2. The summed E-state index contributed by atoms with van der Waals surface area (Å²) in [6, 6.07) is 12.4. The lowest BCUT2D eigenvalue weighted by molar-refractivity contribution is -0.117. The molecule has 1 saturated heterocycles. The van der Waals surface area contributed by atoms with Gasteiger partial charge >= 0.3 is 0 Å². The molecule has 2 heterocycles. The zero-order valence-corrected chi connectivity index (χ0v) is 18.1. The Hall–Kier alpha value is -3.36. The van der Waals surface area contributed by atoms with Crippen molar-refractivity contribution in [1.29, 1.82) is 0 Å². The molecular weight excluding hydrogens is 394 g/mol. The van der Waals surface area contributed by atoms with E-state index in [0.717, 1.165) is 22.4 Å². The van der Waals surface area contributed by atoms with E-state index < -0.39 is 6.04 Å². The Morgan fingerprint density at radius 2 is 1.81 bits per heavy atom. The quantitative estimate of drug-likeness (QED) is 0.518. The summed E-state index contributed by atoms with van der Waals surface area (Å²) in [4.78, 5) is 25.9. The lowest BCUT2D eigenvalue weighted by Gasteiger charge is -2.15. The fraction of sp³-hybridized carbons (Fsp3) is 0.304. The number of phenolic OH excluding ortho intramolecular Hbond substituents is 1. The van der Waals surface area contributed by atoms with E-state index in [9.17, 15) is 14.7 Å². The second kappa shape index (κ2) is 8.05. The Labute approximate surface area is 180 Å². The molecule has 1 amide bonds. The molecule has 1 aliphatic rings. The summed E-state index contributed by atoms with van der Waals surface area (Å²) in [6.07, 6.45) is 0.445. The SMILES string of the molecule is Cc1ccc(C2CC(C(=O)Nc3c(C)n(C)n(-c4ccccc4)c3=O)NN2)c(O)c1C.